The fraction of sp³-hybridized carbons (Fsp3) is 0.368. The average Bonchev–Trinajstić information content (AvgIpc) is 2.66. The number of ether oxygens (including phenoxy) is 1. The molecule has 1 unspecified atom stereocenters. The number of pyridine rings is 1. The molecule has 1 atom stereocenters. The monoisotopic (exact) mass is 364 g/mol. The highest BCUT2D eigenvalue weighted by molar-refractivity contribution is 5.94. The van der Waals surface area contributed by atoms with Crippen LogP contribution in [-0.2, 0) is 10.9 Å². The van der Waals surface area contributed by atoms with Crippen LogP contribution in [0.5, 0.6) is 0 Å². The normalized spacial score (nSPS) is 17.7. The van der Waals surface area contributed by atoms with Gasteiger partial charge in [-0.25, -0.2) is 0 Å². The second-order valence-corrected chi connectivity index (χ2v) is 6.17. The maximum atomic E-state index is 13.1. The number of aromatic nitrogens is 1. The van der Waals surface area contributed by atoms with E-state index >= 15 is 0 Å². The molecule has 2 aromatic rings. The molecule has 0 bridgehead atoms. The van der Waals surface area contributed by atoms with Gasteiger partial charge in [-0.05, 0) is 43.5 Å². The highest BCUT2D eigenvalue weighted by Gasteiger charge is 2.34. The summed E-state index contributed by atoms with van der Waals surface area (Å²) in [5.74, 6) is -0.275. The maximum absolute atomic E-state index is 13.1. The number of hydrogen-bond donors (Lipinski definition) is 1. The lowest BCUT2D eigenvalue weighted by Gasteiger charge is -2.22. The van der Waals surface area contributed by atoms with Crippen molar-refractivity contribution < 1.29 is 22.7 Å². The minimum absolute atomic E-state index is 0.0230. The molecule has 3 rings (SSSR count). The predicted molar refractivity (Wildman–Crippen MR) is 90.6 cm³/mol. The van der Waals surface area contributed by atoms with E-state index in [0.717, 1.165) is 25.3 Å². The lowest BCUT2D eigenvalue weighted by atomic mass is 10.0. The number of rotatable bonds is 4. The average molecular weight is 364 g/mol. The van der Waals surface area contributed by atoms with E-state index in [1.165, 1.54) is 36.5 Å². The molecule has 1 aromatic heterocycles. The van der Waals surface area contributed by atoms with E-state index in [-0.39, 0.29) is 17.7 Å². The first-order valence-corrected chi connectivity index (χ1v) is 8.47. The largest absolute Gasteiger partial charge is 0.418 e. The number of alkyl halides is 3. The zero-order valence-corrected chi connectivity index (χ0v) is 14.1. The van der Waals surface area contributed by atoms with Crippen molar-refractivity contribution >= 4 is 5.91 Å². The molecule has 1 saturated heterocycles. The number of carbonyl (C=O) groups excluding carboxylic acids is 1. The Morgan fingerprint density at radius 2 is 1.96 bits per heavy atom. The Labute approximate surface area is 149 Å². The summed E-state index contributed by atoms with van der Waals surface area (Å²) >= 11 is 0. The van der Waals surface area contributed by atoms with Gasteiger partial charge in [-0.1, -0.05) is 12.1 Å². The van der Waals surface area contributed by atoms with Crippen molar-refractivity contribution in [2.75, 3.05) is 13.2 Å². The highest BCUT2D eigenvalue weighted by atomic mass is 19.4. The van der Waals surface area contributed by atoms with E-state index in [2.05, 4.69) is 10.3 Å². The van der Waals surface area contributed by atoms with Crippen LogP contribution in [0.1, 0.15) is 35.2 Å². The molecule has 0 radical (unpaired) electrons. The van der Waals surface area contributed by atoms with Crippen molar-refractivity contribution in [3.05, 3.63) is 53.7 Å². The predicted octanol–water partition coefficient (Wildman–Crippen LogP) is 4.07. The topological polar surface area (TPSA) is 51.2 Å². The van der Waals surface area contributed by atoms with Crippen molar-refractivity contribution in [1.82, 2.24) is 10.3 Å². The smallest absolute Gasteiger partial charge is 0.376 e. The molecular formula is C19H19F3N2O2. The van der Waals surface area contributed by atoms with Crippen LogP contribution in [0.25, 0.3) is 11.3 Å². The molecule has 0 saturated carbocycles. The quantitative estimate of drug-likeness (QED) is 0.890. The van der Waals surface area contributed by atoms with Crippen molar-refractivity contribution in [3.8, 4) is 11.3 Å². The van der Waals surface area contributed by atoms with Gasteiger partial charge in [0.2, 0.25) is 0 Å². The van der Waals surface area contributed by atoms with E-state index in [9.17, 15) is 18.0 Å². The van der Waals surface area contributed by atoms with Gasteiger partial charge in [-0.3, -0.25) is 9.78 Å². The summed E-state index contributed by atoms with van der Waals surface area (Å²) in [5.41, 5.74) is -0.256. The summed E-state index contributed by atoms with van der Waals surface area (Å²) in [5, 5.41) is 2.80. The van der Waals surface area contributed by atoms with Crippen LogP contribution in [0.15, 0.2) is 42.6 Å². The number of hydrogen-bond acceptors (Lipinski definition) is 3. The molecule has 1 aromatic carbocycles. The molecule has 1 aliphatic heterocycles. The fourth-order valence-corrected chi connectivity index (χ4v) is 2.92. The van der Waals surface area contributed by atoms with Crippen molar-refractivity contribution in [2.45, 2.75) is 31.5 Å². The Hall–Kier alpha value is -2.41. The molecule has 0 aliphatic carbocycles. The van der Waals surface area contributed by atoms with Gasteiger partial charge < -0.3 is 10.1 Å². The lowest BCUT2D eigenvalue weighted by Crippen LogP contribution is -2.35. The van der Waals surface area contributed by atoms with Crippen LogP contribution >= 0.6 is 0 Å². The molecule has 138 valence electrons. The van der Waals surface area contributed by atoms with Crippen LogP contribution in [0.4, 0.5) is 13.2 Å². The summed E-state index contributed by atoms with van der Waals surface area (Å²) in [6.07, 6.45) is -0.108. The summed E-state index contributed by atoms with van der Waals surface area (Å²) in [6.45, 7) is 1.14. The standard InChI is InChI=1S/C19H19F3N2O2/c20-19(21,22)16-5-3-10-23-17(16)13-6-8-14(9-7-13)18(25)24-12-15-4-1-2-11-26-15/h3,5-10,15H,1-2,4,11-12H2,(H,24,25). The minimum Gasteiger partial charge on any atom is -0.376 e. The molecule has 1 amide bonds. The Balaban J connectivity index is 1.70. The van der Waals surface area contributed by atoms with Crippen LogP contribution in [-0.4, -0.2) is 30.1 Å². The van der Waals surface area contributed by atoms with Gasteiger partial charge in [-0.15, -0.1) is 0 Å². The number of nitrogens with one attached hydrogen (secondary N) is 1. The molecule has 7 heteroatoms. The Bertz CT molecular complexity index is 754. The molecular weight excluding hydrogens is 345 g/mol. The maximum Gasteiger partial charge on any atom is 0.418 e. The third-order valence-corrected chi connectivity index (χ3v) is 4.30. The zero-order valence-electron chi connectivity index (χ0n) is 14.1. The second-order valence-electron chi connectivity index (χ2n) is 6.17. The zero-order chi connectivity index (χ0) is 18.6. The van der Waals surface area contributed by atoms with Crippen molar-refractivity contribution in [1.29, 1.82) is 0 Å². The van der Waals surface area contributed by atoms with E-state index in [4.69, 9.17) is 4.74 Å². The van der Waals surface area contributed by atoms with E-state index in [1.54, 1.807) is 0 Å². The summed E-state index contributed by atoms with van der Waals surface area (Å²) in [6, 6.07) is 8.20. The first-order chi connectivity index (χ1) is 12.4. The number of carbonyl (C=O) groups is 1. The van der Waals surface area contributed by atoms with Crippen molar-refractivity contribution in [2.24, 2.45) is 0 Å². The molecule has 4 nitrogen and oxygen atoms in total. The molecule has 26 heavy (non-hydrogen) atoms. The highest BCUT2D eigenvalue weighted by Crippen LogP contribution is 2.35. The van der Waals surface area contributed by atoms with Gasteiger partial charge in [0.05, 0.1) is 17.4 Å². The SMILES string of the molecule is O=C(NCC1CCCCO1)c1ccc(-c2ncccc2C(F)(F)F)cc1. The minimum atomic E-state index is -4.49. The van der Waals surface area contributed by atoms with E-state index in [1.807, 2.05) is 0 Å². The Morgan fingerprint density at radius 1 is 1.19 bits per heavy atom. The first-order valence-electron chi connectivity index (χ1n) is 8.47. The summed E-state index contributed by atoms with van der Waals surface area (Å²) in [4.78, 5) is 16.0. The molecule has 0 spiro atoms. The number of benzene rings is 1. The number of amides is 1. The van der Waals surface area contributed by atoms with Gasteiger partial charge in [0.15, 0.2) is 0 Å². The first kappa shape index (κ1) is 18.4. The third kappa shape index (κ3) is 4.40. The number of halogens is 3. The fourth-order valence-electron chi connectivity index (χ4n) is 2.92. The van der Waals surface area contributed by atoms with Gasteiger partial charge in [0, 0.05) is 30.5 Å². The van der Waals surface area contributed by atoms with Crippen molar-refractivity contribution in [3.63, 3.8) is 0 Å². The molecule has 1 N–H and O–H groups in total. The van der Waals surface area contributed by atoms with Crippen LogP contribution in [0.2, 0.25) is 0 Å². The van der Waals surface area contributed by atoms with Gasteiger partial charge in [0.25, 0.3) is 5.91 Å². The molecule has 1 fully saturated rings. The van der Waals surface area contributed by atoms with Gasteiger partial charge in [-0.2, -0.15) is 13.2 Å². The van der Waals surface area contributed by atoms with Crippen LogP contribution in [0.3, 0.4) is 0 Å². The Morgan fingerprint density at radius 3 is 2.62 bits per heavy atom. The van der Waals surface area contributed by atoms with Gasteiger partial charge >= 0.3 is 6.18 Å². The summed E-state index contributed by atoms with van der Waals surface area (Å²) in [7, 11) is 0. The second kappa shape index (κ2) is 7.86. The summed E-state index contributed by atoms with van der Waals surface area (Å²) < 4.78 is 44.9. The molecule has 1 aliphatic rings. The lowest BCUT2D eigenvalue weighted by molar-refractivity contribution is -0.137. The van der Waals surface area contributed by atoms with E-state index in [0.29, 0.717) is 24.3 Å². The Kier molecular flexibility index (Phi) is 5.56. The molecule has 2 heterocycles. The third-order valence-electron chi connectivity index (χ3n) is 4.30. The van der Waals surface area contributed by atoms with E-state index < -0.39 is 11.7 Å². The van der Waals surface area contributed by atoms with Crippen LogP contribution < -0.4 is 5.32 Å². The van der Waals surface area contributed by atoms with Crippen LogP contribution in [0, 0.1) is 0 Å². The van der Waals surface area contributed by atoms with Gasteiger partial charge in [0.1, 0.15) is 0 Å². The number of nitrogens with zero attached hydrogens (tertiary/aromatic N) is 1.